The zero-order chi connectivity index (χ0) is 20.9. The number of carbonyl (C=O) groups is 1. The number of benzene rings is 2. The lowest BCUT2D eigenvalue weighted by molar-refractivity contribution is -0.387. The number of amides is 1. The van der Waals surface area contributed by atoms with Crippen LogP contribution < -0.4 is 9.62 Å². The standard InChI is InChI=1S/C19H21N3O6S/c23-19(20-13-16-9-6-12-28-16)14-21(15-7-2-1-3-8-15)29(26,27)18-11-5-4-10-17(18)22(24)25/h1-5,7-8,10-11,16H,6,9,12-14H2,(H,20,23)/t16-/m1/s1. The third kappa shape index (κ3) is 4.90. The smallest absolute Gasteiger partial charge is 0.289 e. The summed E-state index contributed by atoms with van der Waals surface area (Å²) in [7, 11) is -4.36. The molecular formula is C19H21N3O6S. The molecule has 154 valence electrons. The van der Waals surface area contributed by atoms with E-state index in [1.807, 2.05) is 0 Å². The number of nitro benzene ring substituents is 1. The molecule has 0 spiro atoms. The third-order valence-electron chi connectivity index (χ3n) is 4.51. The van der Waals surface area contributed by atoms with Crippen molar-refractivity contribution in [2.75, 3.05) is 24.0 Å². The number of nitrogens with one attached hydrogen (secondary N) is 1. The molecule has 1 N–H and O–H groups in total. The quantitative estimate of drug-likeness (QED) is 0.517. The fraction of sp³-hybridized carbons (Fsp3) is 0.316. The zero-order valence-corrected chi connectivity index (χ0v) is 16.4. The predicted octanol–water partition coefficient (Wildman–Crippen LogP) is 2.09. The molecule has 1 saturated heterocycles. The molecule has 2 aromatic carbocycles. The number of rotatable bonds is 8. The first-order chi connectivity index (χ1) is 13.9. The first-order valence-corrected chi connectivity index (χ1v) is 10.5. The number of ether oxygens (including phenoxy) is 1. The Morgan fingerprint density at radius 1 is 1.17 bits per heavy atom. The molecule has 1 atom stereocenters. The number of anilines is 1. The second-order valence-electron chi connectivity index (χ2n) is 6.51. The number of carbonyl (C=O) groups excluding carboxylic acids is 1. The lowest BCUT2D eigenvalue weighted by Crippen LogP contribution is -2.43. The summed E-state index contributed by atoms with van der Waals surface area (Å²) in [5.74, 6) is -0.522. The van der Waals surface area contributed by atoms with Gasteiger partial charge in [-0.2, -0.15) is 0 Å². The Kier molecular flexibility index (Phi) is 6.45. The van der Waals surface area contributed by atoms with Crippen molar-refractivity contribution in [3.05, 3.63) is 64.7 Å². The van der Waals surface area contributed by atoms with Crippen LogP contribution in [0, 0.1) is 10.1 Å². The summed E-state index contributed by atoms with van der Waals surface area (Å²) in [4.78, 5) is 22.6. The number of nitrogens with zero attached hydrogens (tertiary/aromatic N) is 2. The minimum absolute atomic E-state index is 0.0871. The van der Waals surface area contributed by atoms with E-state index in [9.17, 15) is 23.3 Å². The van der Waals surface area contributed by atoms with Gasteiger partial charge in [0.1, 0.15) is 6.54 Å². The molecule has 3 rings (SSSR count). The summed E-state index contributed by atoms with van der Waals surface area (Å²) in [6.07, 6.45) is 1.66. The molecule has 10 heteroatoms. The van der Waals surface area contributed by atoms with Gasteiger partial charge in [-0.15, -0.1) is 0 Å². The highest BCUT2D eigenvalue weighted by molar-refractivity contribution is 7.93. The van der Waals surface area contributed by atoms with Crippen molar-refractivity contribution in [2.24, 2.45) is 0 Å². The van der Waals surface area contributed by atoms with E-state index in [4.69, 9.17) is 4.74 Å². The monoisotopic (exact) mass is 419 g/mol. The molecule has 1 heterocycles. The summed E-state index contributed by atoms with van der Waals surface area (Å²) in [6.45, 7) is 0.418. The van der Waals surface area contributed by atoms with Crippen LogP contribution in [0.2, 0.25) is 0 Å². The third-order valence-corrected chi connectivity index (χ3v) is 6.33. The van der Waals surface area contributed by atoms with Gasteiger partial charge in [0, 0.05) is 19.2 Å². The summed E-state index contributed by atoms with van der Waals surface area (Å²) in [6, 6.07) is 13.1. The van der Waals surface area contributed by atoms with E-state index in [0.717, 1.165) is 29.3 Å². The van der Waals surface area contributed by atoms with Crippen molar-refractivity contribution in [1.82, 2.24) is 5.32 Å². The highest BCUT2D eigenvalue weighted by Gasteiger charge is 2.33. The SMILES string of the molecule is O=C(CN(c1ccccc1)S(=O)(=O)c1ccccc1[N+](=O)[O-])NC[C@H]1CCCO1. The molecule has 1 aliphatic heterocycles. The average Bonchev–Trinajstić information content (AvgIpc) is 3.24. The lowest BCUT2D eigenvalue weighted by Gasteiger charge is -2.24. The number of hydrogen-bond donors (Lipinski definition) is 1. The molecule has 2 aromatic rings. The van der Waals surface area contributed by atoms with Gasteiger partial charge in [-0.3, -0.25) is 19.2 Å². The van der Waals surface area contributed by atoms with E-state index in [1.54, 1.807) is 18.2 Å². The Bertz CT molecular complexity index is 974. The van der Waals surface area contributed by atoms with Crippen LogP contribution >= 0.6 is 0 Å². The maximum Gasteiger partial charge on any atom is 0.289 e. The number of hydrogen-bond acceptors (Lipinski definition) is 6. The van der Waals surface area contributed by atoms with Crippen molar-refractivity contribution >= 4 is 27.3 Å². The Balaban J connectivity index is 1.89. The molecule has 0 saturated carbocycles. The molecular weight excluding hydrogens is 398 g/mol. The first kappa shape index (κ1) is 20.7. The minimum atomic E-state index is -4.36. The molecule has 0 radical (unpaired) electrons. The van der Waals surface area contributed by atoms with Crippen LogP contribution in [0.1, 0.15) is 12.8 Å². The van der Waals surface area contributed by atoms with Gasteiger partial charge in [-0.1, -0.05) is 30.3 Å². The summed E-state index contributed by atoms with van der Waals surface area (Å²) in [5.41, 5.74) is -0.314. The lowest BCUT2D eigenvalue weighted by atomic mass is 10.2. The summed E-state index contributed by atoms with van der Waals surface area (Å²) in [5, 5.41) is 14.0. The maximum absolute atomic E-state index is 13.3. The van der Waals surface area contributed by atoms with Crippen LogP contribution in [0.3, 0.4) is 0 Å². The largest absolute Gasteiger partial charge is 0.376 e. The van der Waals surface area contributed by atoms with Crippen molar-refractivity contribution in [2.45, 2.75) is 23.8 Å². The van der Waals surface area contributed by atoms with Crippen molar-refractivity contribution in [1.29, 1.82) is 0 Å². The van der Waals surface area contributed by atoms with Crippen molar-refractivity contribution < 1.29 is 22.9 Å². The molecule has 1 amide bonds. The number of nitro groups is 1. The molecule has 1 fully saturated rings. The Morgan fingerprint density at radius 2 is 1.86 bits per heavy atom. The van der Waals surface area contributed by atoms with Gasteiger partial charge in [0.15, 0.2) is 4.90 Å². The number of sulfonamides is 1. The van der Waals surface area contributed by atoms with E-state index >= 15 is 0 Å². The number of para-hydroxylation sites is 2. The molecule has 29 heavy (non-hydrogen) atoms. The average molecular weight is 419 g/mol. The second kappa shape index (κ2) is 9.01. The molecule has 9 nitrogen and oxygen atoms in total. The Morgan fingerprint density at radius 3 is 2.52 bits per heavy atom. The molecule has 0 bridgehead atoms. The van der Waals surface area contributed by atoms with E-state index < -0.39 is 38.0 Å². The van der Waals surface area contributed by atoms with Crippen molar-refractivity contribution in [3.63, 3.8) is 0 Å². The summed E-state index contributed by atoms with van der Waals surface area (Å²) < 4.78 is 32.9. The van der Waals surface area contributed by atoms with E-state index in [0.29, 0.717) is 6.61 Å². The fourth-order valence-electron chi connectivity index (χ4n) is 3.07. The minimum Gasteiger partial charge on any atom is -0.376 e. The zero-order valence-electron chi connectivity index (χ0n) is 15.6. The van der Waals surface area contributed by atoms with Gasteiger partial charge in [0.2, 0.25) is 5.91 Å². The fourth-order valence-corrected chi connectivity index (χ4v) is 4.65. The van der Waals surface area contributed by atoms with Gasteiger partial charge < -0.3 is 10.1 Å². The first-order valence-electron chi connectivity index (χ1n) is 9.09. The topological polar surface area (TPSA) is 119 Å². The van der Waals surface area contributed by atoms with Gasteiger partial charge in [-0.25, -0.2) is 8.42 Å². The maximum atomic E-state index is 13.3. The highest BCUT2D eigenvalue weighted by Crippen LogP contribution is 2.29. The van der Waals surface area contributed by atoms with Crippen LogP contribution in [0.5, 0.6) is 0 Å². The van der Waals surface area contributed by atoms with Crippen LogP contribution in [0.15, 0.2) is 59.5 Å². The molecule has 0 aromatic heterocycles. The van der Waals surface area contributed by atoms with Gasteiger partial charge >= 0.3 is 0 Å². The Labute approximate surface area is 168 Å². The predicted molar refractivity (Wildman–Crippen MR) is 106 cm³/mol. The molecule has 0 aliphatic carbocycles. The normalized spacial score (nSPS) is 16.3. The van der Waals surface area contributed by atoms with E-state index in [1.165, 1.54) is 24.3 Å². The van der Waals surface area contributed by atoms with Gasteiger partial charge in [-0.05, 0) is 31.0 Å². The van der Waals surface area contributed by atoms with Crippen LogP contribution in [0.4, 0.5) is 11.4 Å². The summed E-state index contributed by atoms with van der Waals surface area (Å²) >= 11 is 0. The van der Waals surface area contributed by atoms with E-state index in [2.05, 4.69) is 5.32 Å². The molecule has 1 aliphatic rings. The van der Waals surface area contributed by atoms with E-state index in [-0.39, 0.29) is 18.3 Å². The molecule has 0 unspecified atom stereocenters. The highest BCUT2D eigenvalue weighted by atomic mass is 32.2. The van der Waals surface area contributed by atoms with Gasteiger partial charge in [0.05, 0.1) is 16.7 Å². The van der Waals surface area contributed by atoms with Crippen LogP contribution in [-0.2, 0) is 19.6 Å². The van der Waals surface area contributed by atoms with Crippen molar-refractivity contribution in [3.8, 4) is 0 Å². The van der Waals surface area contributed by atoms with Crippen LogP contribution in [0.25, 0.3) is 0 Å². The van der Waals surface area contributed by atoms with Crippen LogP contribution in [-0.4, -0.2) is 45.0 Å². The second-order valence-corrected chi connectivity index (χ2v) is 8.34. The van der Waals surface area contributed by atoms with Gasteiger partial charge in [0.25, 0.3) is 15.7 Å². The Hall–Kier alpha value is -2.98.